The van der Waals surface area contributed by atoms with Gasteiger partial charge in [0, 0.05) is 36.2 Å². The van der Waals surface area contributed by atoms with Crippen molar-refractivity contribution < 1.29 is 19.4 Å². The summed E-state index contributed by atoms with van der Waals surface area (Å²) in [5.74, 6) is 0.719. The minimum atomic E-state index is -0.184. The topological polar surface area (TPSA) is 71.0 Å². The zero-order chi connectivity index (χ0) is 17.5. The Labute approximate surface area is 151 Å². The number of nitrogens with one attached hydrogen (secondary N) is 1. The molecule has 2 amide bonds. The number of aliphatic hydroxyl groups excluding tert-OH is 1. The van der Waals surface area contributed by atoms with E-state index in [1.54, 1.807) is 16.2 Å². The molecule has 0 radical (unpaired) electrons. The zero-order valence-corrected chi connectivity index (χ0v) is 14.7. The number of nitrogens with zero attached hydrogens (tertiary/aromatic N) is 1. The standard InChI is InChI=1S/C18H22N2O4S/c21-11-14-10-20(7-8-23-12-14)18(22)19-15-3-5-16(6-4-15)24-13-17-2-1-9-25-17/h1-6,9,14,21H,7-8,10-13H2,(H,19,22). The second-order valence-electron chi connectivity index (χ2n) is 5.89. The smallest absolute Gasteiger partial charge is 0.321 e. The van der Waals surface area contributed by atoms with E-state index in [9.17, 15) is 9.90 Å². The summed E-state index contributed by atoms with van der Waals surface area (Å²) in [4.78, 5) is 15.2. The first kappa shape index (κ1) is 17.7. The summed E-state index contributed by atoms with van der Waals surface area (Å²) in [7, 11) is 0. The molecule has 6 nitrogen and oxygen atoms in total. The third kappa shape index (κ3) is 5.19. The lowest BCUT2D eigenvalue weighted by Crippen LogP contribution is -2.39. The van der Waals surface area contributed by atoms with Crippen LogP contribution in [0.25, 0.3) is 0 Å². The highest BCUT2D eigenvalue weighted by molar-refractivity contribution is 7.09. The molecule has 1 unspecified atom stereocenters. The summed E-state index contributed by atoms with van der Waals surface area (Å²) in [5.41, 5.74) is 0.708. The molecule has 0 aliphatic carbocycles. The minimum Gasteiger partial charge on any atom is -0.488 e. The highest BCUT2D eigenvalue weighted by atomic mass is 32.1. The van der Waals surface area contributed by atoms with Gasteiger partial charge in [0.25, 0.3) is 0 Å². The molecular formula is C18H22N2O4S. The van der Waals surface area contributed by atoms with Crippen molar-refractivity contribution in [3.63, 3.8) is 0 Å². The predicted octanol–water partition coefficient (Wildman–Crippen LogP) is 2.80. The number of carbonyl (C=O) groups excluding carboxylic acids is 1. The zero-order valence-electron chi connectivity index (χ0n) is 13.9. The summed E-state index contributed by atoms with van der Waals surface area (Å²) >= 11 is 1.66. The first-order valence-corrected chi connectivity index (χ1v) is 9.12. The van der Waals surface area contributed by atoms with Crippen molar-refractivity contribution in [1.82, 2.24) is 4.90 Å². The Kier molecular flexibility index (Phi) is 6.27. The van der Waals surface area contributed by atoms with Crippen molar-refractivity contribution in [2.45, 2.75) is 6.61 Å². The Balaban J connectivity index is 1.52. The maximum absolute atomic E-state index is 12.4. The maximum Gasteiger partial charge on any atom is 0.321 e. The normalized spacial score (nSPS) is 17.8. The van der Waals surface area contributed by atoms with Gasteiger partial charge in [-0.05, 0) is 35.7 Å². The second-order valence-corrected chi connectivity index (χ2v) is 6.92. The second kappa shape index (κ2) is 8.84. The van der Waals surface area contributed by atoms with E-state index in [-0.39, 0.29) is 18.6 Å². The van der Waals surface area contributed by atoms with Crippen LogP contribution in [0.5, 0.6) is 5.75 Å². The molecule has 2 aromatic rings. The van der Waals surface area contributed by atoms with E-state index >= 15 is 0 Å². The van der Waals surface area contributed by atoms with Gasteiger partial charge in [0.15, 0.2) is 0 Å². The molecule has 0 spiro atoms. The summed E-state index contributed by atoms with van der Waals surface area (Å²) in [6, 6.07) is 11.2. The Morgan fingerprint density at radius 2 is 2.20 bits per heavy atom. The predicted molar refractivity (Wildman–Crippen MR) is 97.1 cm³/mol. The minimum absolute atomic E-state index is 0.0139. The molecule has 1 aliphatic rings. The van der Waals surface area contributed by atoms with E-state index in [0.29, 0.717) is 38.6 Å². The molecule has 0 bridgehead atoms. The highest BCUT2D eigenvalue weighted by Gasteiger charge is 2.22. The number of anilines is 1. The summed E-state index contributed by atoms with van der Waals surface area (Å²) in [5, 5.41) is 14.2. The Hall–Kier alpha value is -2.09. The molecule has 1 aromatic heterocycles. The number of amides is 2. The van der Waals surface area contributed by atoms with Crippen LogP contribution in [-0.2, 0) is 11.3 Å². The first-order valence-electron chi connectivity index (χ1n) is 8.24. The van der Waals surface area contributed by atoms with Gasteiger partial charge in [-0.3, -0.25) is 0 Å². The van der Waals surface area contributed by atoms with Crippen LogP contribution < -0.4 is 10.1 Å². The van der Waals surface area contributed by atoms with Crippen LogP contribution in [0, 0.1) is 5.92 Å². The van der Waals surface area contributed by atoms with E-state index in [4.69, 9.17) is 9.47 Å². The van der Waals surface area contributed by atoms with Crippen molar-refractivity contribution in [2.24, 2.45) is 5.92 Å². The van der Waals surface area contributed by atoms with Crippen LogP contribution >= 0.6 is 11.3 Å². The SMILES string of the molecule is O=C(Nc1ccc(OCc2cccs2)cc1)N1CCOCC(CO)C1. The van der Waals surface area contributed by atoms with Gasteiger partial charge in [-0.2, -0.15) is 0 Å². The first-order chi connectivity index (χ1) is 12.2. The summed E-state index contributed by atoms with van der Waals surface area (Å²) in [6.07, 6.45) is 0. The lowest BCUT2D eigenvalue weighted by atomic mass is 10.2. The molecule has 1 atom stereocenters. The lowest BCUT2D eigenvalue weighted by Gasteiger charge is -2.23. The van der Waals surface area contributed by atoms with Crippen LogP contribution in [0.1, 0.15) is 4.88 Å². The maximum atomic E-state index is 12.4. The molecule has 1 fully saturated rings. The summed E-state index contributed by atoms with van der Waals surface area (Å²) in [6.45, 7) is 2.53. The van der Waals surface area contributed by atoms with Gasteiger partial charge in [0.1, 0.15) is 12.4 Å². The Morgan fingerprint density at radius 1 is 1.36 bits per heavy atom. The van der Waals surface area contributed by atoms with E-state index in [1.807, 2.05) is 41.8 Å². The Bertz CT molecular complexity index is 660. The largest absolute Gasteiger partial charge is 0.488 e. The van der Waals surface area contributed by atoms with Crippen molar-refractivity contribution in [3.8, 4) is 5.75 Å². The van der Waals surface area contributed by atoms with E-state index in [0.717, 1.165) is 5.75 Å². The molecule has 25 heavy (non-hydrogen) atoms. The number of hydrogen-bond donors (Lipinski definition) is 2. The average Bonchev–Trinajstić information content (AvgIpc) is 3.04. The quantitative estimate of drug-likeness (QED) is 0.858. The summed E-state index contributed by atoms with van der Waals surface area (Å²) < 4.78 is 11.1. The van der Waals surface area contributed by atoms with Gasteiger partial charge in [0.2, 0.25) is 0 Å². The van der Waals surface area contributed by atoms with Gasteiger partial charge < -0.3 is 24.8 Å². The van der Waals surface area contributed by atoms with Gasteiger partial charge >= 0.3 is 6.03 Å². The molecule has 2 heterocycles. The Morgan fingerprint density at radius 3 is 2.92 bits per heavy atom. The molecule has 134 valence electrons. The number of ether oxygens (including phenoxy) is 2. The van der Waals surface area contributed by atoms with Crippen LogP contribution in [0.3, 0.4) is 0 Å². The lowest BCUT2D eigenvalue weighted by molar-refractivity contribution is 0.0958. The fraction of sp³-hybridized carbons (Fsp3) is 0.389. The van der Waals surface area contributed by atoms with Crippen molar-refractivity contribution in [2.75, 3.05) is 38.2 Å². The molecule has 2 N–H and O–H groups in total. The molecule has 1 saturated heterocycles. The monoisotopic (exact) mass is 362 g/mol. The number of aliphatic hydroxyl groups is 1. The molecule has 7 heteroatoms. The number of hydrogen-bond acceptors (Lipinski definition) is 5. The van der Waals surface area contributed by atoms with E-state index in [2.05, 4.69) is 5.32 Å². The van der Waals surface area contributed by atoms with Crippen molar-refractivity contribution in [3.05, 3.63) is 46.7 Å². The molecule has 3 rings (SSSR count). The van der Waals surface area contributed by atoms with Gasteiger partial charge in [0.05, 0.1) is 13.2 Å². The molecule has 1 aromatic carbocycles. The van der Waals surface area contributed by atoms with Gasteiger partial charge in [-0.1, -0.05) is 6.07 Å². The van der Waals surface area contributed by atoms with Crippen LogP contribution in [0.4, 0.5) is 10.5 Å². The molecular weight excluding hydrogens is 340 g/mol. The number of urea groups is 1. The van der Waals surface area contributed by atoms with Crippen LogP contribution in [-0.4, -0.2) is 48.9 Å². The van der Waals surface area contributed by atoms with E-state index in [1.165, 1.54) is 4.88 Å². The van der Waals surface area contributed by atoms with Gasteiger partial charge in [-0.25, -0.2) is 4.79 Å². The number of carbonyl (C=O) groups is 1. The third-order valence-corrected chi connectivity index (χ3v) is 4.80. The van der Waals surface area contributed by atoms with Gasteiger partial charge in [-0.15, -0.1) is 11.3 Å². The average molecular weight is 362 g/mol. The number of rotatable bonds is 5. The van der Waals surface area contributed by atoms with E-state index < -0.39 is 0 Å². The fourth-order valence-corrected chi connectivity index (χ4v) is 3.18. The fourth-order valence-electron chi connectivity index (χ4n) is 2.56. The van der Waals surface area contributed by atoms with Crippen LogP contribution in [0.2, 0.25) is 0 Å². The van der Waals surface area contributed by atoms with Crippen molar-refractivity contribution in [1.29, 1.82) is 0 Å². The van der Waals surface area contributed by atoms with Crippen LogP contribution in [0.15, 0.2) is 41.8 Å². The number of benzene rings is 1. The number of thiophene rings is 1. The molecule has 0 saturated carbocycles. The third-order valence-electron chi connectivity index (χ3n) is 3.95. The molecule has 1 aliphatic heterocycles. The highest BCUT2D eigenvalue weighted by Crippen LogP contribution is 2.19. The van der Waals surface area contributed by atoms with Crippen molar-refractivity contribution >= 4 is 23.1 Å².